The molecule has 1 aromatic rings. The molecule has 2 N–H and O–H groups in total. The molecule has 0 aliphatic heterocycles. The number of phenolic OH excluding ortho intramolecular Hbond substituents is 1. The van der Waals surface area contributed by atoms with E-state index in [1.807, 2.05) is 20.8 Å². The van der Waals surface area contributed by atoms with E-state index < -0.39 is 5.97 Å². The number of rotatable bonds is 5. The number of Topliss-reactive ketones (excluding diaryl/α,β-unsaturated/α-hetero) is 1. The molecule has 4 heteroatoms. The minimum absolute atomic E-state index is 0.0362. The molecule has 0 radical (unpaired) electrons. The first-order valence-corrected chi connectivity index (χ1v) is 6.30. The first-order valence-electron chi connectivity index (χ1n) is 6.30. The molecular weight excluding hydrogens is 244 g/mol. The van der Waals surface area contributed by atoms with Gasteiger partial charge in [0.05, 0.1) is 5.56 Å². The first kappa shape index (κ1) is 15.2. The van der Waals surface area contributed by atoms with Crippen molar-refractivity contribution >= 4 is 11.8 Å². The van der Waals surface area contributed by atoms with Crippen LogP contribution in [-0.4, -0.2) is 22.0 Å². The zero-order chi connectivity index (χ0) is 14.6. The largest absolute Gasteiger partial charge is 0.507 e. The molecular formula is C15H20O4. The highest BCUT2D eigenvalue weighted by atomic mass is 16.4. The van der Waals surface area contributed by atoms with E-state index >= 15 is 0 Å². The van der Waals surface area contributed by atoms with Crippen LogP contribution in [0.4, 0.5) is 0 Å². The lowest BCUT2D eigenvalue weighted by Gasteiger charge is -2.20. The molecule has 0 spiro atoms. The third-order valence-corrected chi connectivity index (χ3v) is 2.96. The molecule has 19 heavy (non-hydrogen) atoms. The molecule has 0 fully saturated rings. The van der Waals surface area contributed by atoms with E-state index in [1.54, 1.807) is 12.1 Å². The van der Waals surface area contributed by atoms with Gasteiger partial charge in [0, 0.05) is 12.8 Å². The first-order chi connectivity index (χ1) is 8.71. The van der Waals surface area contributed by atoms with E-state index in [9.17, 15) is 14.7 Å². The van der Waals surface area contributed by atoms with Crippen LogP contribution in [0, 0.1) is 0 Å². The van der Waals surface area contributed by atoms with Crippen LogP contribution in [0.25, 0.3) is 0 Å². The van der Waals surface area contributed by atoms with Crippen molar-refractivity contribution in [2.45, 2.75) is 45.4 Å². The van der Waals surface area contributed by atoms with Gasteiger partial charge in [-0.2, -0.15) is 0 Å². The van der Waals surface area contributed by atoms with E-state index in [4.69, 9.17) is 5.11 Å². The Labute approximate surface area is 113 Å². The Morgan fingerprint density at radius 1 is 1.16 bits per heavy atom. The van der Waals surface area contributed by atoms with E-state index in [0.29, 0.717) is 0 Å². The zero-order valence-corrected chi connectivity index (χ0v) is 11.6. The monoisotopic (exact) mass is 264 g/mol. The number of aromatic hydroxyl groups is 1. The quantitative estimate of drug-likeness (QED) is 0.801. The molecule has 0 aliphatic rings. The predicted octanol–water partition coefficient (Wildman–Crippen LogP) is 3.13. The van der Waals surface area contributed by atoms with Crippen LogP contribution >= 0.6 is 0 Å². The number of carbonyl (C=O) groups excluding carboxylic acids is 1. The van der Waals surface area contributed by atoms with Gasteiger partial charge in [0.25, 0.3) is 0 Å². The molecule has 0 saturated carbocycles. The SMILES string of the molecule is CC(C)(C)c1ccc(O)c(C(=O)CCCC(=O)O)c1. The van der Waals surface area contributed by atoms with Gasteiger partial charge in [-0.15, -0.1) is 0 Å². The number of hydrogen-bond donors (Lipinski definition) is 2. The fourth-order valence-electron chi connectivity index (χ4n) is 1.76. The lowest BCUT2D eigenvalue weighted by Crippen LogP contribution is -2.12. The van der Waals surface area contributed by atoms with Gasteiger partial charge in [0.15, 0.2) is 5.78 Å². The van der Waals surface area contributed by atoms with E-state index in [1.165, 1.54) is 6.07 Å². The second-order valence-corrected chi connectivity index (χ2v) is 5.65. The third-order valence-electron chi connectivity index (χ3n) is 2.96. The fourth-order valence-corrected chi connectivity index (χ4v) is 1.76. The van der Waals surface area contributed by atoms with Crippen LogP contribution in [0.1, 0.15) is 56.0 Å². The van der Waals surface area contributed by atoms with Gasteiger partial charge >= 0.3 is 5.97 Å². The van der Waals surface area contributed by atoms with Gasteiger partial charge in [-0.05, 0) is 29.5 Å². The number of carboxylic acids is 1. The van der Waals surface area contributed by atoms with Crippen molar-refractivity contribution in [1.29, 1.82) is 0 Å². The molecule has 0 saturated heterocycles. The summed E-state index contributed by atoms with van der Waals surface area (Å²) < 4.78 is 0. The number of carboxylic acid groups (broad SMARTS) is 1. The second-order valence-electron chi connectivity index (χ2n) is 5.65. The molecule has 0 aliphatic carbocycles. The van der Waals surface area contributed by atoms with E-state index in [-0.39, 0.29) is 41.8 Å². The normalized spacial score (nSPS) is 11.3. The Morgan fingerprint density at radius 2 is 1.79 bits per heavy atom. The molecule has 0 heterocycles. The van der Waals surface area contributed by atoms with Gasteiger partial charge in [-0.1, -0.05) is 26.8 Å². The van der Waals surface area contributed by atoms with Gasteiger partial charge in [-0.25, -0.2) is 0 Å². The van der Waals surface area contributed by atoms with Gasteiger partial charge in [-0.3, -0.25) is 9.59 Å². The molecule has 0 atom stereocenters. The van der Waals surface area contributed by atoms with Crippen molar-refractivity contribution in [3.8, 4) is 5.75 Å². The highest BCUT2D eigenvalue weighted by Gasteiger charge is 2.18. The molecule has 0 unspecified atom stereocenters. The molecule has 1 aromatic carbocycles. The summed E-state index contributed by atoms with van der Waals surface area (Å²) in [5.41, 5.74) is 1.13. The maximum absolute atomic E-state index is 12.0. The molecule has 4 nitrogen and oxygen atoms in total. The van der Waals surface area contributed by atoms with E-state index in [2.05, 4.69) is 0 Å². The average Bonchev–Trinajstić information content (AvgIpc) is 2.27. The van der Waals surface area contributed by atoms with Crippen molar-refractivity contribution in [2.75, 3.05) is 0 Å². The molecule has 0 amide bonds. The molecule has 0 aromatic heterocycles. The van der Waals surface area contributed by atoms with Crippen LogP contribution in [0.15, 0.2) is 18.2 Å². The molecule has 104 valence electrons. The minimum atomic E-state index is -0.916. The Balaban J connectivity index is 2.87. The maximum atomic E-state index is 12.0. The van der Waals surface area contributed by atoms with Crippen LogP contribution in [0.3, 0.4) is 0 Å². The number of hydrogen-bond acceptors (Lipinski definition) is 3. The summed E-state index contributed by atoms with van der Waals surface area (Å²) >= 11 is 0. The summed E-state index contributed by atoms with van der Waals surface area (Å²) in [5.74, 6) is -1.18. The highest BCUT2D eigenvalue weighted by Crippen LogP contribution is 2.28. The lowest BCUT2D eigenvalue weighted by atomic mass is 9.85. The Hall–Kier alpha value is -1.84. The second kappa shape index (κ2) is 5.87. The van der Waals surface area contributed by atoms with E-state index in [0.717, 1.165) is 5.56 Å². The topological polar surface area (TPSA) is 74.6 Å². The number of benzene rings is 1. The average molecular weight is 264 g/mol. The summed E-state index contributed by atoms with van der Waals surface area (Å²) in [6, 6.07) is 5.01. The molecule has 1 rings (SSSR count). The van der Waals surface area contributed by atoms with Crippen molar-refractivity contribution < 1.29 is 19.8 Å². The van der Waals surface area contributed by atoms with Crippen molar-refractivity contribution in [3.05, 3.63) is 29.3 Å². The minimum Gasteiger partial charge on any atom is -0.507 e. The summed E-state index contributed by atoms with van der Waals surface area (Å²) in [6.07, 6.45) is 0.381. The Morgan fingerprint density at radius 3 is 2.32 bits per heavy atom. The van der Waals surface area contributed by atoms with Crippen molar-refractivity contribution in [3.63, 3.8) is 0 Å². The number of carbonyl (C=O) groups is 2. The summed E-state index contributed by atoms with van der Waals surface area (Å²) in [7, 11) is 0. The van der Waals surface area contributed by atoms with Crippen LogP contribution < -0.4 is 0 Å². The fraction of sp³-hybridized carbons (Fsp3) is 0.467. The van der Waals surface area contributed by atoms with Gasteiger partial charge in [0.1, 0.15) is 5.75 Å². The third kappa shape index (κ3) is 4.39. The standard InChI is InChI=1S/C15H20O4/c1-15(2,3)10-7-8-13(17)11(9-10)12(16)5-4-6-14(18)19/h7-9,17H,4-6H2,1-3H3,(H,18,19). The van der Waals surface area contributed by atoms with Crippen molar-refractivity contribution in [1.82, 2.24) is 0 Å². The summed E-state index contributed by atoms with van der Waals surface area (Å²) in [5, 5.41) is 18.3. The Bertz CT molecular complexity index is 483. The number of ketones is 1. The number of phenols is 1. The highest BCUT2D eigenvalue weighted by molar-refractivity contribution is 5.98. The van der Waals surface area contributed by atoms with Crippen molar-refractivity contribution in [2.24, 2.45) is 0 Å². The zero-order valence-electron chi connectivity index (χ0n) is 11.6. The summed E-state index contributed by atoms with van der Waals surface area (Å²) in [4.78, 5) is 22.4. The van der Waals surface area contributed by atoms with Gasteiger partial charge in [0.2, 0.25) is 0 Å². The van der Waals surface area contributed by atoms with Crippen LogP contribution in [-0.2, 0) is 10.2 Å². The Kier molecular flexibility index (Phi) is 4.70. The van der Waals surface area contributed by atoms with Crippen LogP contribution in [0.2, 0.25) is 0 Å². The predicted molar refractivity (Wildman–Crippen MR) is 72.6 cm³/mol. The molecule has 0 bridgehead atoms. The lowest BCUT2D eigenvalue weighted by molar-refractivity contribution is -0.137. The van der Waals surface area contributed by atoms with Gasteiger partial charge < -0.3 is 10.2 Å². The van der Waals surface area contributed by atoms with Crippen LogP contribution in [0.5, 0.6) is 5.75 Å². The number of aliphatic carboxylic acids is 1. The summed E-state index contributed by atoms with van der Waals surface area (Å²) in [6.45, 7) is 6.08. The smallest absolute Gasteiger partial charge is 0.303 e. The maximum Gasteiger partial charge on any atom is 0.303 e.